The summed E-state index contributed by atoms with van der Waals surface area (Å²) in [6.07, 6.45) is 10.7. The molecule has 0 N–H and O–H groups in total. The van der Waals surface area contributed by atoms with Gasteiger partial charge in [-0.3, -0.25) is 19.6 Å². The van der Waals surface area contributed by atoms with E-state index in [1.54, 1.807) is 6.20 Å². The maximum Gasteiger partial charge on any atom is 0.236 e. The number of rotatable bonds is 4. The molecule has 1 saturated heterocycles. The number of carbonyl (C=O) groups excluding carboxylic acids is 1. The molecule has 0 aromatic carbocycles. The second-order valence-electron chi connectivity index (χ2n) is 8.22. The molecule has 7 heteroatoms. The molecule has 2 aliphatic heterocycles. The van der Waals surface area contributed by atoms with Gasteiger partial charge in [-0.05, 0) is 37.0 Å². The van der Waals surface area contributed by atoms with Gasteiger partial charge in [0.15, 0.2) is 0 Å². The lowest BCUT2D eigenvalue weighted by molar-refractivity contribution is -0.135. The monoisotopic (exact) mass is 380 g/mol. The maximum absolute atomic E-state index is 12.8. The van der Waals surface area contributed by atoms with Gasteiger partial charge in [-0.1, -0.05) is 6.42 Å². The van der Waals surface area contributed by atoms with E-state index in [0.29, 0.717) is 6.54 Å². The lowest BCUT2D eigenvalue weighted by Crippen LogP contribution is -2.55. The zero-order valence-corrected chi connectivity index (χ0v) is 16.3. The van der Waals surface area contributed by atoms with Gasteiger partial charge < -0.3 is 4.90 Å². The third kappa shape index (κ3) is 3.56. The minimum Gasteiger partial charge on any atom is -0.339 e. The van der Waals surface area contributed by atoms with Crippen molar-refractivity contribution < 1.29 is 4.79 Å². The topological polar surface area (TPSA) is 57.5 Å². The smallest absolute Gasteiger partial charge is 0.236 e. The van der Waals surface area contributed by atoms with Crippen LogP contribution in [0.1, 0.15) is 30.5 Å². The second kappa shape index (κ2) is 7.64. The molecule has 5 rings (SSSR count). The average molecular weight is 380 g/mol. The lowest BCUT2D eigenvalue weighted by atomic mass is 9.91. The Kier molecular flexibility index (Phi) is 4.86. The standard InChI is InChI=1S/C21H28N6O/c28-21(26-11-9-25(10-12-26)18-3-1-4-18)16-24-8-6-17-14-27(23-20(17)15-24)19-5-2-7-22-13-19/h2,5,7,13-14,18H,1,3-4,6,8-12,15-16H2. The van der Waals surface area contributed by atoms with E-state index >= 15 is 0 Å². The Labute approximate surface area is 165 Å². The van der Waals surface area contributed by atoms with Gasteiger partial charge in [-0.15, -0.1) is 0 Å². The van der Waals surface area contributed by atoms with Crippen molar-refractivity contribution >= 4 is 5.91 Å². The van der Waals surface area contributed by atoms with Crippen LogP contribution in [0.4, 0.5) is 0 Å². The first-order valence-electron chi connectivity index (χ1n) is 10.5. The summed E-state index contributed by atoms with van der Waals surface area (Å²) in [4.78, 5) is 23.8. The summed E-state index contributed by atoms with van der Waals surface area (Å²) in [5.41, 5.74) is 3.34. The highest BCUT2D eigenvalue weighted by molar-refractivity contribution is 5.78. The van der Waals surface area contributed by atoms with Gasteiger partial charge in [0.2, 0.25) is 5.91 Å². The molecule has 2 aromatic rings. The number of carbonyl (C=O) groups is 1. The summed E-state index contributed by atoms with van der Waals surface area (Å²) < 4.78 is 1.91. The minimum atomic E-state index is 0.267. The number of fused-ring (bicyclic) bond motifs is 1. The fourth-order valence-electron chi connectivity index (χ4n) is 4.49. The summed E-state index contributed by atoms with van der Waals surface area (Å²) >= 11 is 0. The summed E-state index contributed by atoms with van der Waals surface area (Å²) in [6.45, 7) is 6.00. The Balaban J connectivity index is 1.16. The predicted molar refractivity (Wildman–Crippen MR) is 106 cm³/mol. The molecule has 1 saturated carbocycles. The maximum atomic E-state index is 12.8. The fraction of sp³-hybridized carbons (Fsp3) is 0.571. The van der Waals surface area contributed by atoms with Crippen LogP contribution in [0, 0.1) is 0 Å². The molecule has 0 bridgehead atoms. The molecule has 0 unspecified atom stereocenters. The Bertz CT molecular complexity index is 823. The first-order valence-corrected chi connectivity index (χ1v) is 10.5. The molecule has 3 aliphatic rings. The van der Waals surface area contributed by atoms with Crippen molar-refractivity contribution in [1.29, 1.82) is 0 Å². The normalized spacial score (nSPS) is 21.4. The van der Waals surface area contributed by atoms with Gasteiger partial charge in [0.25, 0.3) is 0 Å². The number of pyridine rings is 1. The second-order valence-corrected chi connectivity index (χ2v) is 8.22. The van der Waals surface area contributed by atoms with Gasteiger partial charge in [-0.2, -0.15) is 5.10 Å². The van der Waals surface area contributed by atoms with Crippen LogP contribution in [0.25, 0.3) is 5.69 Å². The molecule has 1 amide bonds. The van der Waals surface area contributed by atoms with Crippen LogP contribution in [-0.4, -0.2) is 80.7 Å². The predicted octanol–water partition coefficient (Wildman–Crippen LogP) is 1.32. The SMILES string of the molecule is O=C(CN1CCc2cn(-c3cccnc3)nc2C1)N1CCN(C2CCC2)CC1. The highest BCUT2D eigenvalue weighted by atomic mass is 16.2. The van der Waals surface area contributed by atoms with Crippen LogP contribution >= 0.6 is 0 Å². The molecule has 148 valence electrons. The zero-order valence-electron chi connectivity index (χ0n) is 16.3. The van der Waals surface area contributed by atoms with Crippen molar-refractivity contribution in [2.75, 3.05) is 39.3 Å². The van der Waals surface area contributed by atoms with Crippen LogP contribution in [-0.2, 0) is 17.8 Å². The van der Waals surface area contributed by atoms with Gasteiger partial charge >= 0.3 is 0 Å². The third-order valence-corrected chi connectivity index (χ3v) is 6.48. The van der Waals surface area contributed by atoms with E-state index in [2.05, 4.69) is 25.9 Å². The molecular weight excluding hydrogens is 352 g/mol. The molecule has 28 heavy (non-hydrogen) atoms. The molecule has 1 aliphatic carbocycles. The van der Waals surface area contributed by atoms with Crippen LogP contribution < -0.4 is 0 Å². The van der Waals surface area contributed by atoms with Crippen LogP contribution in [0.3, 0.4) is 0 Å². The van der Waals surface area contributed by atoms with Gasteiger partial charge in [-0.25, -0.2) is 4.68 Å². The Morgan fingerprint density at radius 3 is 2.71 bits per heavy atom. The fourth-order valence-corrected chi connectivity index (χ4v) is 4.49. The van der Waals surface area contributed by atoms with E-state index in [-0.39, 0.29) is 5.91 Å². The van der Waals surface area contributed by atoms with E-state index < -0.39 is 0 Å². The Hall–Kier alpha value is -2.25. The summed E-state index contributed by atoms with van der Waals surface area (Å²) in [5, 5.41) is 4.74. The van der Waals surface area contributed by atoms with Crippen molar-refractivity contribution in [3.63, 3.8) is 0 Å². The number of nitrogens with zero attached hydrogens (tertiary/aromatic N) is 6. The molecule has 2 fully saturated rings. The highest BCUT2D eigenvalue weighted by Gasteiger charge is 2.30. The van der Waals surface area contributed by atoms with Crippen molar-refractivity contribution in [2.24, 2.45) is 0 Å². The van der Waals surface area contributed by atoms with Crippen LogP contribution in [0.15, 0.2) is 30.7 Å². The third-order valence-electron chi connectivity index (χ3n) is 6.48. The van der Waals surface area contributed by atoms with Gasteiger partial charge in [0, 0.05) is 57.7 Å². The van der Waals surface area contributed by atoms with E-state index in [4.69, 9.17) is 5.10 Å². The van der Waals surface area contributed by atoms with Crippen LogP contribution in [0.5, 0.6) is 0 Å². The number of piperazine rings is 1. The molecule has 4 heterocycles. The Morgan fingerprint density at radius 1 is 1.14 bits per heavy atom. The van der Waals surface area contributed by atoms with Crippen molar-refractivity contribution in [1.82, 2.24) is 29.5 Å². The first-order chi connectivity index (χ1) is 13.8. The molecule has 0 atom stereocenters. The van der Waals surface area contributed by atoms with Crippen molar-refractivity contribution in [2.45, 2.75) is 38.3 Å². The first kappa shape index (κ1) is 17.8. The lowest BCUT2D eigenvalue weighted by Gasteiger charge is -2.43. The average Bonchev–Trinajstić information content (AvgIpc) is 3.11. The number of aromatic nitrogens is 3. The summed E-state index contributed by atoms with van der Waals surface area (Å²) in [7, 11) is 0. The molecule has 0 spiro atoms. The Morgan fingerprint density at radius 2 is 2.00 bits per heavy atom. The zero-order chi connectivity index (χ0) is 18.9. The largest absolute Gasteiger partial charge is 0.339 e. The van der Waals surface area contributed by atoms with Crippen molar-refractivity contribution in [3.05, 3.63) is 42.0 Å². The number of amides is 1. The quantitative estimate of drug-likeness (QED) is 0.801. The van der Waals surface area contributed by atoms with Gasteiger partial charge in [0.05, 0.1) is 24.1 Å². The molecule has 0 radical (unpaired) electrons. The van der Waals surface area contributed by atoms with Crippen molar-refractivity contribution in [3.8, 4) is 5.69 Å². The molecule has 7 nitrogen and oxygen atoms in total. The summed E-state index contributed by atoms with van der Waals surface area (Å²) in [6, 6.07) is 4.72. The van der Waals surface area contributed by atoms with Crippen LogP contribution in [0.2, 0.25) is 0 Å². The van der Waals surface area contributed by atoms with E-state index in [1.807, 2.05) is 23.0 Å². The highest BCUT2D eigenvalue weighted by Crippen LogP contribution is 2.25. The number of hydrogen-bond acceptors (Lipinski definition) is 5. The molecule has 2 aromatic heterocycles. The molecular formula is C21H28N6O. The van der Waals surface area contributed by atoms with Gasteiger partial charge in [0.1, 0.15) is 0 Å². The minimum absolute atomic E-state index is 0.267. The van der Waals surface area contributed by atoms with E-state index in [9.17, 15) is 4.79 Å². The number of hydrogen-bond donors (Lipinski definition) is 0. The summed E-state index contributed by atoms with van der Waals surface area (Å²) in [5.74, 6) is 0.267. The van der Waals surface area contributed by atoms with E-state index in [0.717, 1.165) is 63.1 Å². The van der Waals surface area contributed by atoms with E-state index in [1.165, 1.54) is 24.8 Å².